The molecule has 25 heavy (non-hydrogen) atoms. The lowest BCUT2D eigenvalue weighted by Crippen LogP contribution is -2.00. The van der Waals surface area contributed by atoms with Crippen LogP contribution in [-0.2, 0) is 0 Å². The quantitative estimate of drug-likeness (QED) is 0.367. The van der Waals surface area contributed by atoms with E-state index in [0.717, 1.165) is 27.1 Å². The lowest BCUT2D eigenvalue weighted by atomic mass is 10.0. The van der Waals surface area contributed by atoms with Gasteiger partial charge in [0.15, 0.2) is 5.43 Å². The van der Waals surface area contributed by atoms with E-state index in [1.807, 2.05) is 60.7 Å². The number of hydrogen-bond donors (Lipinski definition) is 0. The molecule has 118 valence electrons. The van der Waals surface area contributed by atoms with Gasteiger partial charge in [-0.05, 0) is 22.2 Å². The van der Waals surface area contributed by atoms with Crippen LogP contribution in [0.1, 0.15) is 0 Å². The molecule has 0 saturated carbocycles. The van der Waals surface area contributed by atoms with Crippen molar-refractivity contribution < 1.29 is 4.42 Å². The molecule has 5 rings (SSSR count). The zero-order chi connectivity index (χ0) is 16.8. The first-order valence-electron chi connectivity index (χ1n) is 8.25. The highest BCUT2D eigenvalue weighted by molar-refractivity contribution is 6.05. The fourth-order valence-corrected chi connectivity index (χ4v) is 3.46. The molecule has 0 atom stereocenters. The summed E-state index contributed by atoms with van der Waals surface area (Å²) < 4.78 is 6.25. The largest absolute Gasteiger partial charge is 0.455 e. The van der Waals surface area contributed by atoms with Crippen LogP contribution in [0.3, 0.4) is 0 Å². The van der Waals surface area contributed by atoms with Gasteiger partial charge in [-0.1, -0.05) is 72.8 Å². The highest BCUT2D eigenvalue weighted by Gasteiger charge is 2.11. The van der Waals surface area contributed by atoms with Gasteiger partial charge in [0, 0.05) is 17.0 Å². The van der Waals surface area contributed by atoms with Gasteiger partial charge in [0.25, 0.3) is 0 Å². The molecule has 4 aromatic carbocycles. The van der Waals surface area contributed by atoms with E-state index in [9.17, 15) is 4.79 Å². The Labute approximate surface area is 143 Å². The van der Waals surface area contributed by atoms with Crippen LogP contribution in [0.25, 0.3) is 43.8 Å². The fraction of sp³-hybridized carbons (Fsp3) is 0. The molecule has 0 unspecified atom stereocenters. The van der Waals surface area contributed by atoms with E-state index >= 15 is 0 Å². The van der Waals surface area contributed by atoms with Crippen LogP contribution >= 0.6 is 0 Å². The minimum absolute atomic E-state index is 0.0186. The fourth-order valence-electron chi connectivity index (χ4n) is 3.46. The maximum atomic E-state index is 12.7. The van der Waals surface area contributed by atoms with Crippen molar-refractivity contribution in [3.63, 3.8) is 0 Å². The Balaban J connectivity index is 1.91. The lowest BCUT2D eigenvalue weighted by Gasteiger charge is -2.08. The van der Waals surface area contributed by atoms with Crippen molar-refractivity contribution in [2.45, 2.75) is 0 Å². The molecule has 1 aromatic heterocycles. The van der Waals surface area contributed by atoms with E-state index in [0.29, 0.717) is 16.7 Å². The van der Waals surface area contributed by atoms with E-state index in [2.05, 4.69) is 18.2 Å². The third-order valence-corrected chi connectivity index (χ3v) is 4.67. The minimum atomic E-state index is -0.0186. The SMILES string of the molecule is O=c1cc(-c2cccc3ccccc23)oc2c1ccc1ccccc12. The maximum Gasteiger partial charge on any atom is 0.193 e. The zero-order valence-electron chi connectivity index (χ0n) is 13.4. The molecule has 0 bridgehead atoms. The Bertz CT molecular complexity index is 1310. The number of rotatable bonds is 1. The molecule has 0 saturated heterocycles. The van der Waals surface area contributed by atoms with Gasteiger partial charge >= 0.3 is 0 Å². The van der Waals surface area contributed by atoms with Gasteiger partial charge in [-0.15, -0.1) is 0 Å². The average molecular weight is 322 g/mol. The van der Waals surface area contributed by atoms with Crippen molar-refractivity contribution in [3.05, 3.63) is 95.2 Å². The van der Waals surface area contributed by atoms with Crippen molar-refractivity contribution in [1.29, 1.82) is 0 Å². The Morgan fingerprint density at radius 1 is 0.600 bits per heavy atom. The van der Waals surface area contributed by atoms with Gasteiger partial charge in [-0.2, -0.15) is 0 Å². The van der Waals surface area contributed by atoms with Gasteiger partial charge in [0.05, 0.1) is 5.39 Å². The molecule has 5 aromatic rings. The van der Waals surface area contributed by atoms with Gasteiger partial charge in [-0.3, -0.25) is 4.79 Å². The lowest BCUT2D eigenvalue weighted by molar-refractivity contribution is 0.623. The van der Waals surface area contributed by atoms with Crippen molar-refractivity contribution in [1.82, 2.24) is 0 Å². The molecular formula is C23H14O2. The second-order valence-electron chi connectivity index (χ2n) is 6.16. The van der Waals surface area contributed by atoms with Crippen LogP contribution in [0.5, 0.6) is 0 Å². The number of fused-ring (bicyclic) bond motifs is 4. The monoisotopic (exact) mass is 322 g/mol. The first kappa shape index (κ1) is 14.0. The smallest absolute Gasteiger partial charge is 0.193 e. The molecule has 0 aliphatic carbocycles. The summed E-state index contributed by atoms with van der Waals surface area (Å²) in [5.41, 5.74) is 1.56. The molecule has 0 N–H and O–H groups in total. The molecule has 0 amide bonds. The predicted molar refractivity (Wildman–Crippen MR) is 103 cm³/mol. The Kier molecular flexibility index (Phi) is 2.98. The third-order valence-electron chi connectivity index (χ3n) is 4.67. The van der Waals surface area contributed by atoms with Crippen LogP contribution < -0.4 is 5.43 Å². The summed E-state index contributed by atoms with van der Waals surface area (Å²) in [5.74, 6) is 0.602. The molecule has 1 heterocycles. The Morgan fingerprint density at radius 3 is 2.12 bits per heavy atom. The van der Waals surface area contributed by atoms with E-state index in [4.69, 9.17) is 4.42 Å². The summed E-state index contributed by atoms with van der Waals surface area (Å²) in [7, 11) is 0. The third kappa shape index (κ3) is 2.15. The van der Waals surface area contributed by atoms with Gasteiger partial charge in [0.1, 0.15) is 11.3 Å². The zero-order valence-corrected chi connectivity index (χ0v) is 13.4. The highest BCUT2D eigenvalue weighted by atomic mass is 16.3. The van der Waals surface area contributed by atoms with Crippen LogP contribution in [0.2, 0.25) is 0 Å². The standard InChI is InChI=1S/C23H14O2/c24-21-14-22(19-11-5-8-15-6-1-3-9-17(15)19)25-23-18-10-4-2-7-16(18)12-13-20(21)23/h1-14H. The second kappa shape index (κ2) is 5.32. The number of benzene rings is 4. The first-order valence-corrected chi connectivity index (χ1v) is 8.25. The molecule has 0 spiro atoms. The first-order chi connectivity index (χ1) is 12.3. The normalized spacial score (nSPS) is 11.4. The molecule has 0 aliphatic rings. The van der Waals surface area contributed by atoms with Crippen LogP contribution in [0.15, 0.2) is 94.1 Å². The van der Waals surface area contributed by atoms with Gasteiger partial charge < -0.3 is 4.42 Å². The van der Waals surface area contributed by atoms with E-state index < -0.39 is 0 Å². The molecule has 0 radical (unpaired) electrons. The van der Waals surface area contributed by atoms with Crippen molar-refractivity contribution in [3.8, 4) is 11.3 Å². The van der Waals surface area contributed by atoms with Crippen molar-refractivity contribution >= 4 is 32.5 Å². The molecular weight excluding hydrogens is 308 g/mol. The molecule has 2 heteroatoms. The summed E-state index contributed by atoms with van der Waals surface area (Å²) in [4.78, 5) is 12.7. The van der Waals surface area contributed by atoms with Crippen molar-refractivity contribution in [2.24, 2.45) is 0 Å². The number of hydrogen-bond acceptors (Lipinski definition) is 2. The van der Waals surface area contributed by atoms with Gasteiger partial charge in [-0.25, -0.2) is 0 Å². The Morgan fingerprint density at radius 2 is 1.28 bits per heavy atom. The summed E-state index contributed by atoms with van der Waals surface area (Å²) in [5, 5.41) is 4.84. The summed E-state index contributed by atoms with van der Waals surface area (Å²) in [6.45, 7) is 0. The van der Waals surface area contributed by atoms with E-state index in [1.54, 1.807) is 6.07 Å². The van der Waals surface area contributed by atoms with Crippen molar-refractivity contribution in [2.75, 3.05) is 0 Å². The van der Waals surface area contributed by atoms with Gasteiger partial charge in [0.2, 0.25) is 0 Å². The second-order valence-corrected chi connectivity index (χ2v) is 6.16. The summed E-state index contributed by atoms with van der Waals surface area (Å²) >= 11 is 0. The molecule has 2 nitrogen and oxygen atoms in total. The van der Waals surface area contributed by atoms with E-state index in [-0.39, 0.29) is 5.43 Å². The highest BCUT2D eigenvalue weighted by Crippen LogP contribution is 2.31. The summed E-state index contributed by atoms with van der Waals surface area (Å²) in [6, 6.07) is 27.6. The summed E-state index contributed by atoms with van der Waals surface area (Å²) in [6.07, 6.45) is 0. The minimum Gasteiger partial charge on any atom is -0.455 e. The Hall–Kier alpha value is -3.39. The van der Waals surface area contributed by atoms with Crippen LogP contribution in [0, 0.1) is 0 Å². The van der Waals surface area contributed by atoms with E-state index in [1.165, 1.54) is 0 Å². The topological polar surface area (TPSA) is 30.2 Å². The van der Waals surface area contributed by atoms with Crippen LogP contribution in [-0.4, -0.2) is 0 Å². The molecule has 0 aliphatic heterocycles. The predicted octanol–water partition coefficient (Wildman–Crippen LogP) is 5.77. The average Bonchev–Trinajstić information content (AvgIpc) is 2.67. The molecule has 0 fully saturated rings. The maximum absolute atomic E-state index is 12.7. The van der Waals surface area contributed by atoms with Crippen LogP contribution in [0.4, 0.5) is 0 Å².